The van der Waals surface area contributed by atoms with E-state index >= 15 is 0 Å². The number of aromatic nitrogens is 2. The van der Waals surface area contributed by atoms with Crippen LogP contribution in [0.1, 0.15) is 5.56 Å². The van der Waals surface area contributed by atoms with Crippen LogP contribution >= 0.6 is 0 Å². The van der Waals surface area contributed by atoms with E-state index in [1.165, 1.54) is 5.56 Å². The summed E-state index contributed by atoms with van der Waals surface area (Å²) >= 11 is 0. The number of furan rings is 1. The quantitative estimate of drug-likeness (QED) is 0.194. The minimum absolute atomic E-state index is 0.644. The first kappa shape index (κ1) is 27.6. The van der Waals surface area contributed by atoms with Crippen molar-refractivity contribution in [3.05, 3.63) is 169 Å². The van der Waals surface area contributed by atoms with Gasteiger partial charge in [-0.1, -0.05) is 97.1 Å². The van der Waals surface area contributed by atoms with Crippen molar-refractivity contribution < 1.29 is 4.42 Å². The second-order valence-corrected chi connectivity index (χ2v) is 11.9. The van der Waals surface area contributed by atoms with Crippen molar-refractivity contribution in [3.63, 3.8) is 0 Å². The Kier molecular flexibility index (Phi) is 6.48. The van der Waals surface area contributed by atoms with E-state index in [4.69, 9.17) is 9.40 Å². The summed E-state index contributed by atoms with van der Waals surface area (Å²) in [6, 6.07) is 58.6. The third-order valence-electron chi connectivity index (χ3n) is 9.07. The van der Waals surface area contributed by atoms with Gasteiger partial charge >= 0.3 is 0 Å². The minimum Gasteiger partial charge on any atom is -0.456 e. The van der Waals surface area contributed by atoms with Gasteiger partial charge in [0.05, 0.1) is 28.4 Å². The Morgan fingerprint density at radius 3 is 1.94 bits per heavy atom. The molecule has 7 aromatic carbocycles. The number of para-hydroxylation sites is 2. The van der Waals surface area contributed by atoms with Crippen molar-refractivity contribution in [2.75, 3.05) is 0 Å². The Labute approximate surface area is 277 Å². The van der Waals surface area contributed by atoms with Gasteiger partial charge in [0.25, 0.3) is 0 Å². The molecule has 0 aliphatic carbocycles. The maximum absolute atomic E-state index is 9.20. The van der Waals surface area contributed by atoms with Crippen molar-refractivity contribution in [2.45, 2.75) is 0 Å². The molecule has 0 N–H and O–H groups in total. The molecule has 224 valence electrons. The molecule has 0 fully saturated rings. The number of nitrogens with zero attached hydrogens (tertiary/aromatic N) is 3. The lowest BCUT2D eigenvalue weighted by molar-refractivity contribution is 0.669. The van der Waals surface area contributed by atoms with Crippen molar-refractivity contribution in [1.29, 1.82) is 5.26 Å². The maximum Gasteiger partial charge on any atom is 0.145 e. The van der Waals surface area contributed by atoms with Crippen LogP contribution in [-0.2, 0) is 0 Å². The van der Waals surface area contributed by atoms with E-state index in [0.717, 1.165) is 77.9 Å². The van der Waals surface area contributed by atoms with E-state index in [2.05, 4.69) is 132 Å². The maximum atomic E-state index is 9.20. The van der Waals surface area contributed by atoms with E-state index in [9.17, 15) is 5.26 Å². The van der Waals surface area contributed by atoms with Crippen LogP contribution in [-0.4, -0.2) is 9.55 Å². The van der Waals surface area contributed by atoms with Crippen LogP contribution in [0.15, 0.2) is 168 Å². The van der Waals surface area contributed by atoms with Gasteiger partial charge in [-0.05, 0) is 94.5 Å². The first-order valence-electron chi connectivity index (χ1n) is 15.9. The largest absolute Gasteiger partial charge is 0.456 e. The molecule has 0 bridgehead atoms. The summed E-state index contributed by atoms with van der Waals surface area (Å²) in [5.41, 5.74) is 13.0. The molecule has 0 radical (unpaired) electrons. The summed E-state index contributed by atoms with van der Waals surface area (Å²) in [6.07, 6.45) is 0. The fourth-order valence-corrected chi connectivity index (χ4v) is 6.69. The van der Waals surface area contributed by atoms with Gasteiger partial charge in [-0.15, -0.1) is 0 Å². The number of hydrogen-bond acceptors (Lipinski definition) is 3. The van der Waals surface area contributed by atoms with Crippen LogP contribution in [0.5, 0.6) is 0 Å². The Balaban J connectivity index is 1.23. The number of nitriles is 1. The first-order valence-corrected chi connectivity index (χ1v) is 15.9. The SMILES string of the molecule is N#Cc1ccc(-c2ccc3c(c2)oc2ccc(-c4nc5ccccc5n4-c4ccc(-c5ccccc5)cc4-c4ccccc4)cc23)cc1. The molecule has 0 unspecified atom stereocenters. The molecule has 0 amide bonds. The predicted octanol–water partition coefficient (Wildman–Crippen LogP) is 11.5. The molecule has 4 nitrogen and oxygen atoms in total. The molecule has 9 rings (SSSR count). The monoisotopic (exact) mass is 613 g/mol. The average molecular weight is 614 g/mol. The summed E-state index contributed by atoms with van der Waals surface area (Å²) in [6.45, 7) is 0. The van der Waals surface area contributed by atoms with Gasteiger partial charge in [-0.25, -0.2) is 4.98 Å². The highest BCUT2D eigenvalue weighted by Crippen LogP contribution is 2.39. The Hall–Kier alpha value is -6.70. The summed E-state index contributed by atoms with van der Waals surface area (Å²) in [7, 11) is 0. The summed E-state index contributed by atoms with van der Waals surface area (Å²) in [4.78, 5) is 5.22. The van der Waals surface area contributed by atoms with Gasteiger partial charge in [0.2, 0.25) is 0 Å². The molecule has 0 aliphatic rings. The van der Waals surface area contributed by atoms with E-state index in [0.29, 0.717) is 5.56 Å². The highest BCUT2D eigenvalue weighted by molar-refractivity contribution is 6.07. The first-order chi connectivity index (χ1) is 23.7. The zero-order valence-corrected chi connectivity index (χ0v) is 25.8. The molecule has 0 atom stereocenters. The predicted molar refractivity (Wildman–Crippen MR) is 195 cm³/mol. The molecule has 0 aliphatic heterocycles. The van der Waals surface area contributed by atoms with Crippen molar-refractivity contribution in [2.24, 2.45) is 0 Å². The van der Waals surface area contributed by atoms with E-state index in [1.807, 2.05) is 42.5 Å². The normalized spacial score (nSPS) is 11.3. The van der Waals surface area contributed by atoms with E-state index < -0.39 is 0 Å². The van der Waals surface area contributed by atoms with Gasteiger partial charge in [0, 0.05) is 21.9 Å². The second kappa shape index (κ2) is 11.3. The molecular weight excluding hydrogens is 587 g/mol. The molecule has 9 aromatic rings. The van der Waals surface area contributed by atoms with Gasteiger partial charge < -0.3 is 4.42 Å². The van der Waals surface area contributed by atoms with Crippen molar-refractivity contribution in [1.82, 2.24) is 9.55 Å². The number of fused-ring (bicyclic) bond motifs is 4. The summed E-state index contributed by atoms with van der Waals surface area (Å²) in [5.74, 6) is 0.867. The Bertz CT molecular complexity index is 2660. The third-order valence-corrected chi connectivity index (χ3v) is 9.07. The van der Waals surface area contributed by atoms with E-state index in [1.54, 1.807) is 0 Å². The van der Waals surface area contributed by atoms with Crippen LogP contribution in [0.3, 0.4) is 0 Å². The summed E-state index contributed by atoms with van der Waals surface area (Å²) < 4.78 is 8.67. The smallest absolute Gasteiger partial charge is 0.145 e. The highest BCUT2D eigenvalue weighted by Gasteiger charge is 2.20. The van der Waals surface area contributed by atoms with Gasteiger partial charge in [-0.3, -0.25) is 4.57 Å². The van der Waals surface area contributed by atoms with Crippen LogP contribution in [0.4, 0.5) is 0 Å². The fraction of sp³-hybridized carbons (Fsp3) is 0. The molecule has 0 spiro atoms. The fourth-order valence-electron chi connectivity index (χ4n) is 6.69. The van der Waals surface area contributed by atoms with Gasteiger partial charge in [-0.2, -0.15) is 5.26 Å². The van der Waals surface area contributed by atoms with Crippen LogP contribution in [0.2, 0.25) is 0 Å². The number of benzene rings is 7. The van der Waals surface area contributed by atoms with Crippen LogP contribution in [0.25, 0.3) is 83.4 Å². The van der Waals surface area contributed by atoms with Crippen molar-refractivity contribution in [3.8, 4) is 56.5 Å². The van der Waals surface area contributed by atoms with E-state index in [-0.39, 0.29) is 0 Å². The topological polar surface area (TPSA) is 54.8 Å². The zero-order chi connectivity index (χ0) is 32.0. The lowest BCUT2D eigenvalue weighted by Crippen LogP contribution is -2.01. The Morgan fingerprint density at radius 1 is 0.500 bits per heavy atom. The van der Waals surface area contributed by atoms with Crippen LogP contribution in [0, 0.1) is 11.3 Å². The number of hydrogen-bond donors (Lipinski definition) is 0. The molecule has 0 saturated carbocycles. The molecule has 4 heteroatoms. The van der Waals surface area contributed by atoms with Crippen LogP contribution < -0.4 is 0 Å². The molecular formula is C44H27N3O. The lowest BCUT2D eigenvalue weighted by atomic mass is 9.97. The second-order valence-electron chi connectivity index (χ2n) is 11.9. The Morgan fingerprint density at radius 2 is 1.15 bits per heavy atom. The average Bonchev–Trinajstić information content (AvgIpc) is 3.73. The zero-order valence-electron chi connectivity index (χ0n) is 25.8. The molecule has 2 aromatic heterocycles. The standard InChI is InChI=1S/C44H27N3O/c45-28-29-15-17-31(18-16-29)34-19-22-36-38-26-35(21-24-42(38)48-43(36)27-34)44-46-39-13-7-8-14-41(39)47(44)40-23-20-33(30-9-3-1-4-10-30)25-37(40)32-11-5-2-6-12-32/h1-27H. The van der Waals surface area contributed by atoms with Gasteiger partial charge in [0.15, 0.2) is 0 Å². The molecule has 2 heterocycles. The lowest BCUT2D eigenvalue weighted by Gasteiger charge is -2.17. The van der Waals surface area contributed by atoms with Crippen molar-refractivity contribution >= 4 is 33.0 Å². The number of rotatable bonds is 5. The third kappa shape index (κ3) is 4.65. The summed E-state index contributed by atoms with van der Waals surface area (Å²) in [5, 5.41) is 11.3. The highest BCUT2D eigenvalue weighted by atomic mass is 16.3. The molecule has 0 saturated heterocycles. The van der Waals surface area contributed by atoms with Gasteiger partial charge in [0.1, 0.15) is 17.0 Å². The molecule has 48 heavy (non-hydrogen) atoms. The number of imidazole rings is 1. The minimum atomic E-state index is 0.644.